The van der Waals surface area contributed by atoms with Crippen molar-refractivity contribution in [1.82, 2.24) is 9.97 Å². The van der Waals surface area contributed by atoms with Crippen molar-refractivity contribution in [2.75, 3.05) is 11.9 Å². The maximum atomic E-state index is 10.6. The third-order valence-electron chi connectivity index (χ3n) is 3.71. The molecule has 0 bridgehead atoms. The molecule has 5 nitrogen and oxygen atoms in total. The van der Waals surface area contributed by atoms with Gasteiger partial charge in [-0.05, 0) is 43.2 Å². The highest BCUT2D eigenvalue weighted by molar-refractivity contribution is 7.08. The Kier molecular flexibility index (Phi) is 3.43. The van der Waals surface area contributed by atoms with Gasteiger partial charge in [0.05, 0.1) is 5.39 Å². The largest absolute Gasteiger partial charge is 0.443 e. The first-order valence-electron chi connectivity index (χ1n) is 6.68. The summed E-state index contributed by atoms with van der Waals surface area (Å²) in [5, 5.41) is 18.5. The number of hydrogen-bond acceptors (Lipinski definition) is 6. The Morgan fingerprint density at radius 1 is 1.38 bits per heavy atom. The molecule has 0 saturated heterocycles. The maximum absolute atomic E-state index is 10.6. The van der Waals surface area contributed by atoms with Gasteiger partial charge in [0.2, 0.25) is 5.71 Å². The smallest absolute Gasteiger partial charge is 0.231 e. The Morgan fingerprint density at radius 2 is 2.19 bits per heavy atom. The Bertz CT molecular complexity index is 763. The van der Waals surface area contributed by atoms with Crippen molar-refractivity contribution in [2.24, 2.45) is 0 Å². The molecule has 0 amide bonds. The third-order valence-corrected chi connectivity index (χ3v) is 4.39. The van der Waals surface area contributed by atoms with Gasteiger partial charge in [-0.1, -0.05) is 0 Å². The highest BCUT2D eigenvalue weighted by Gasteiger charge is 2.24. The molecule has 0 aromatic carbocycles. The molecule has 0 saturated carbocycles. The van der Waals surface area contributed by atoms with E-state index in [0.717, 1.165) is 22.3 Å². The van der Waals surface area contributed by atoms with Gasteiger partial charge in [0.25, 0.3) is 0 Å². The summed E-state index contributed by atoms with van der Waals surface area (Å²) >= 11 is 1.57. The van der Waals surface area contributed by atoms with E-state index >= 15 is 0 Å². The predicted molar refractivity (Wildman–Crippen MR) is 83.7 cm³/mol. The molecule has 3 aromatic rings. The number of aromatic nitrogens is 2. The molecule has 6 heteroatoms. The zero-order valence-electron chi connectivity index (χ0n) is 12.2. The van der Waals surface area contributed by atoms with E-state index in [9.17, 15) is 5.11 Å². The van der Waals surface area contributed by atoms with E-state index < -0.39 is 5.60 Å². The van der Waals surface area contributed by atoms with Gasteiger partial charge >= 0.3 is 0 Å². The zero-order valence-corrected chi connectivity index (χ0v) is 13.0. The molecule has 3 rings (SSSR count). The summed E-state index contributed by atoms with van der Waals surface area (Å²) in [6.45, 7) is 6.03. The van der Waals surface area contributed by atoms with Crippen molar-refractivity contribution in [2.45, 2.75) is 26.4 Å². The highest BCUT2D eigenvalue weighted by atomic mass is 32.1. The molecule has 21 heavy (non-hydrogen) atoms. The number of furan rings is 1. The fourth-order valence-electron chi connectivity index (χ4n) is 2.25. The fraction of sp³-hybridized carbons (Fsp3) is 0.333. The lowest BCUT2D eigenvalue weighted by Gasteiger charge is -2.23. The molecule has 110 valence electrons. The molecular weight excluding hydrogens is 286 g/mol. The van der Waals surface area contributed by atoms with Crippen molar-refractivity contribution in [3.8, 4) is 0 Å². The predicted octanol–water partition coefficient (Wildman–Crippen LogP) is 3.22. The van der Waals surface area contributed by atoms with Crippen LogP contribution in [0.15, 0.2) is 27.6 Å². The molecule has 1 unspecified atom stereocenters. The van der Waals surface area contributed by atoms with Crippen LogP contribution in [0.1, 0.15) is 23.8 Å². The van der Waals surface area contributed by atoms with E-state index in [1.807, 2.05) is 30.7 Å². The van der Waals surface area contributed by atoms with E-state index in [1.54, 1.807) is 18.3 Å². The first-order chi connectivity index (χ1) is 9.99. The van der Waals surface area contributed by atoms with Gasteiger partial charge < -0.3 is 14.8 Å². The van der Waals surface area contributed by atoms with Crippen LogP contribution in [-0.4, -0.2) is 21.6 Å². The number of aryl methyl sites for hydroxylation is 2. The van der Waals surface area contributed by atoms with Crippen LogP contribution in [0.5, 0.6) is 0 Å². The van der Waals surface area contributed by atoms with Crippen molar-refractivity contribution in [3.63, 3.8) is 0 Å². The Labute approximate surface area is 126 Å². The lowest BCUT2D eigenvalue weighted by atomic mass is 9.99. The van der Waals surface area contributed by atoms with Crippen molar-refractivity contribution < 1.29 is 9.52 Å². The number of aliphatic hydroxyl groups is 1. The Morgan fingerprint density at radius 3 is 2.90 bits per heavy atom. The van der Waals surface area contributed by atoms with Gasteiger partial charge in [-0.25, -0.2) is 9.97 Å². The summed E-state index contributed by atoms with van der Waals surface area (Å²) < 4.78 is 5.59. The standard InChI is InChI=1S/C15H17N3O2S/c1-9-10(2)20-14-12(9)13(17-8-18-14)16-7-15(3,19)11-4-5-21-6-11/h4-6,8,19H,7H2,1-3H3,(H,16,17,18). The average Bonchev–Trinajstić information content (AvgIpc) is 3.07. The van der Waals surface area contributed by atoms with Gasteiger partial charge in [-0.15, -0.1) is 0 Å². The average molecular weight is 303 g/mol. The van der Waals surface area contributed by atoms with Crippen molar-refractivity contribution >= 4 is 28.3 Å². The van der Waals surface area contributed by atoms with Crippen LogP contribution >= 0.6 is 11.3 Å². The Hall–Kier alpha value is -1.92. The Balaban J connectivity index is 1.89. The summed E-state index contributed by atoms with van der Waals surface area (Å²) in [6.07, 6.45) is 1.46. The number of anilines is 1. The summed E-state index contributed by atoms with van der Waals surface area (Å²) in [7, 11) is 0. The molecule has 0 fully saturated rings. The van der Waals surface area contributed by atoms with Crippen LogP contribution < -0.4 is 5.32 Å². The number of nitrogens with one attached hydrogen (secondary N) is 1. The molecule has 3 heterocycles. The molecule has 0 spiro atoms. The minimum absolute atomic E-state index is 0.361. The van der Waals surface area contributed by atoms with Gasteiger partial charge in [-0.2, -0.15) is 11.3 Å². The van der Waals surface area contributed by atoms with E-state index in [-0.39, 0.29) is 0 Å². The molecule has 1 atom stereocenters. The van der Waals surface area contributed by atoms with E-state index in [0.29, 0.717) is 18.1 Å². The van der Waals surface area contributed by atoms with Crippen LogP contribution in [0.2, 0.25) is 0 Å². The SMILES string of the molecule is Cc1oc2ncnc(NCC(C)(O)c3ccsc3)c2c1C. The monoisotopic (exact) mass is 303 g/mol. The lowest BCUT2D eigenvalue weighted by molar-refractivity contribution is 0.0719. The van der Waals surface area contributed by atoms with Crippen LogP contribution in [-0.2, 0) is 5.60 Å². The van der Waals surface area contributed by atoms with Gasteiger partial charge in [0.15, 0.2) is 0 Å². The molecule has 0 aliphatic heterocycles. The molecule has 2 N–H and O–H groups in total. The van der Waals surface area contributed by atoms with Crippen LogP contribution in [0.25, 0.3) is 11.1 Å². The van der Waals surface area contributed by atoms with Crippen molar-refractivity contribution in [1.29, 1.82) is 0 Å². The second-order valence-electron chi connectivity index (χ2n) is 5.33. The third kappa shape index (κ3) is 2.52. The second kappa shape index (κ2) is 5.13. The van der Waals surface area contributed by atoms with Gasteiger partial charge in [-0.3, -0.25) is 0 Å². The van der Waals surface area contributed by atoms with Crippen LogP contribution in [0.4, 0.5) is 5.82 Å². The fourth-order valence-corrected chi connectivity index (χ4v) is 3.03. The first kappa shape index (κ1) is 14.0. The zero-order chi connectivity index (χ0) is 15.0. The minimum Gasteiger partial charge on any atom is -0.443 e. The lowest BCUT2D eigenvalue weighted by Crippen LogP contribution is -2.30. The highest BCUT2D eigenvalue weighted by Crippen LogP contribution is 2.29. The van der Waals surface area contributed by atoms with E-state index in [2.05, 4.69) is 15.3 Å². The van der Waals surface area contributed by atoms with Crippen molar-refractivity contribution in [3.05, 3.63) is 40.0 Å². The first-order valence-corrected chi connectivity index (χ1v) is 7.63. The molecular formula is C15H17N3O2S. The topological polar surface area (TPSA) is 71.2 Å². The van der Waals surface area contributed by atoms with Crippen LogP contribution in [0, 0.1) is 13.8 Å². The summed E-state index contributed by atoms with van der Waals surface area (Å²) in [5.41, 5.74) is 1.52. The minimum atomic E-state index is -0.954. The van der Waals surface area contributed by atoms with Gasteiger partial charge in [0.1, 0.15) is 23.5 Å². The quantitative estimate of drug-likeness (QED) is 0.774. The summed E-state index contributed by atoms with van der Waals surface area (Å²) in [5.74, 6) is 1.52. The molecule has 0 aliphatic carbocycles. The summed E-state index contributed by atoms with van der Waals surface area (Å²) in [6, 6.07) is 1.93. The molecule has 0 aliphatic rings. The number of hydrogen-bond donors (Lipinski definition) is 2. The van der Waals surface area contributed by atoms with E-state index in [1.165, 1.54) is 6.33 Å². The second-order valence-corrected chi connectivity index (χ2v) is 6.11. The maximum Gasteiger partial charge on any atom is 0.231 e. The van der Waals surface area contributed by atoms with Gasteiger partial charge in [0, 0.05) is 12.1 Å². The number of rotatable bonds is 4. The van der Waals surface area contributed by atoms with E-state index in [4.69, 9.17) is 4.42 Å². The molecule has 0 radical (unpaired) electrons. The number of thiophene rings is 1. The number of fused-ring (bicyclic) bond motifs is 1. The molecule has 3 aromatic heterocycles. The number of nitrogens with zero attached hydrogens (tertiary/aromatic N) is 2. The normalized spacial score (nSPS) is 14.3. The van der Waals surface area contributed by atoms with Crippen LogP contribution in [0.3, 0.4) is 0 Å². The summed E-state index contributed by atoms with van der Waals surface area (Å²) in [4.78, 5) is 8.41.